The summed E-state index contributed by atoms with van der Waals surface area (Å²) in [4.78, 5) is 49.5. The first-order chi connectivity index (χ1) is 21.6. The molecule has 2 aliphatic carbocycles. The highest BCUT2D eigenvalue weighted by molar-refractivity contribution is 5.97. The Kier molecular flexibility index (Phi) is 12.2. The first-order valence-electron chi connectivity index (χ1n) is 15.8. The molecule has 4 rings (SSSR count). The Labute approximate surface area is 268 Å². The maximum atomic E-state index is 12.5. The molecule has 10 atom stereocenters. The molecule has 2 heterocycles. The highest BCUT2D eigenvalue weighted by Gasteiger charge is 2.71. The highest BCUT2D eigenvalue weighted by atomic mass is 16.5. The van der Waals surface area contributed by atoms with E-state index in [9.17, 15) is 39.6 Å². The molecule has 260 valence electrons. The van der Waals surface area contributed by atoms with Crippen LogP contribution in [0.2, 0.25) is 0 Å². The van der Waals surface area contributed by atoms with Gasteiger partial charge in [0.2, 0.25) is 11.8 Å². The third kappa shape index (κ3) is 6.22. The van der Waals surface area contributed by atoms with Crippen molar-refractivity contribution in [2.75, 3.05) is 27.4 Å². The number of hydrogen-bond donors (Lipinski definition) is 8. The minimum atomic E-state index is -1.95. The topological polar surface area (TPSA) is 232 Å². The van der Waals surface area contributed by atoms with E-state index in [1.807, 2.05) is 12.2 Å². The van der Waals surface area contributed by atoms with Crippen LogP contribution in [0.5, 0.6) is 0 Å². The molecule has 4 aliphatic rings. The third-order valence-electron chi connectivity index (χ3n) is 10.4. The van der Waals surface area contributed by atoms with Crippen LogP contribution in [0.3, 0.4) is 0 Å². The van der Waals surface area contributed by atoms with Gasteiger partial charge in [-0.25, -0.2) is 9.59 Å². The molecule has 2 fully saturated rings. The van der Waals surface area contributed by atoms with E-state index in [2.05, 4.69) is 10.6 Å². The molecule has 46 heavy (non-hydrogen) atoms. The number of aliphatic hydroxyl groups is 6. The van der Waals surface area contributed by atoms with Gasteiger partial charge < -0.3 is 50.7 Å². The number of ether oxygens (including phenoxy) is 2. The number of methoxy groups -OCH3 is 2. The molecule has 0 aromatic rings. The van der Waals surface area contributed by atoms with Gasteiger partial charge in [-0.3, -0.25) is 9.59 Å². The Morgan fingerprint density at radius 1 is 0.783 bits per heavy atom. The van der Waals surface area contributed by atoms with Gasteiger partial charge in [-0.15, -0.1) is 0 Å². The average molecular weight is 655 g/mol. The van der Waals surface area contributed by atoms with Crippen molar-refractivity contribution >= 4 is 23.8 Å². The fraction of sp³-hybridized carbons (Fsp3) is 0.750. The van der Waals surface area contributed by atoms with Crippen molar-refractivity contribution in [3.63, 3.8) is 0 Å². The van der Waals surface area contributed by atoms with Gasteiger partial charge in [0.15, 0.2) is 11.1 Å². The lowest BCUT2D eigenvalue weighted by molar-refractivity contribution is -0.175. The SMILES string of the molecule is COC(=O)C1([C@@H](O)[C@@H]2C=CCCC2)NC(=O)[C@H](CCO)[C@]1(C)O.COC(=O)C1([C@H](O)[C@@H]2C=CCCC2)NC(=O)[C@H](CCO)[C@]1(C)O. The first kappa shape index (κ1) is 37.6. The van der Waals surface area contributed by atoms with E-state index in [0.29, 0.717) is 12.8 Å². The van der Waals surface area contributed by atoms with Gasteiger partial charge in [0.05, 0.1) is 38.3 Å². The van der Waals surface area contributed by atoms with Gasteiger partial charge in [0.1, 0.15) is 11.2 Å². The lowest BCUT2D eigenvalue weighted by Crippen LogP contribution is -2.70. The molecule has 0 saturated carbocycles. The first-order valence-corrected chi connectivity index (χ1v) is 15.8. The zero-order chi connectivity index (χ0) is 34.5. The summed E-state index contributed by atoms with van der Waals surface area (Å²) < 4.78 is 9.60. The van der Waals surface area contributed by atoms with Gasteiger partial charge in [-0.1, -0.05) is 24.3 Å². The van der Waals surface area contributed by atoms with E-state index in [4.69, 9.17) is 19.7 Å². The second-order valence-corrected chi connectivity index (χ2v) is 12.9. The van der Waals surface area contributed by atoms with Gasteiger partial charge in [-0.05, 0) is 65.2 Å². The van der Waals surface area contributed by atoms with Crippen molar-refractivity contribution in [3.05, 3.63) is 24.3 Å². The Hall–Kier alpha value is -2.88. The van der Waals surface area contributed by atoms with Crippen LogP contribution in [0.4, 0.5) is 0 Å². The summed E-state index contributed by atoms with van der Waals surface area (Å²) in [6.07, 6.45) is 9.56. The minimum Gasteiger partial charge on any atom is -0.467 e. The van der Waals surface area contributed by atoms with Crippen LogP contribution >= 0.6 is 0 Å². The van der Waals surface area contributed by atoms with Gasteiger partial charge in [0.25, 0.3) is 0 Å². The van der Waals surface area contributed by atoms with Gasteiger partial charge in [-0.2, -0.15) is 0 Å². The van der Waals surface area contributed by atoms with Crippen molar-refractivity contribution in [1.29, 1.82) is 0 Å². The largest absolute Gasteiger partial charge is 0.467 e. The van der Waals surface area contributed by atoms with E-state index in [1.54, 1.807) is 12.2 Å². The van der Waals surface area contributed by atoms with Crippen LogP contribution in [0, 0.1) is 23.7 Å². The number of amides is 2. The van der Waals surface area contributed by atoms with Crippen molar-refractivity contribution in [2.45, 2.75) is 99.7 Å². The second kappa shape index (κ2) is 14.9. The minimum absolute atomic E-state index is 0.00912. The number of carbonyl (C=O) groups excluding carboxylic acids is 4. The molecule has 0 spiro atoms. The van der Waals surface area contributed by atoms with Crippen molar-refractivity contribution in [2.24, 2.45) is 23.7 Å². The molecular formula is C32H50N2O12. The Balaban J connectivity index is 0.000000250. The summed E-state index contributed by atoms with van der Waals surface area (Å²) >= 11 is 0. The fourth-order valence-electron chi connectivity index (χ4n) is 7.63. The summed E-state index contributed by atoms with van der Waals surface area (Å²) in [7, 11) is 2.30. The van der Waals surface area contributed by atoms with Crippen LogP contribution in [0.15, 0.2) is 24.3 Å². The number of aliphatic hydroxyl groups excluding tert-OH is 4. The maximum absolute atomic E-state index is 12.5. The average Bonchev–Trinajstić information content (AvgIpc) is 3.39. The fourth-order valence-corrected chi connectivity index (χ4v) is 7.63. The van der Waals surface area contributed by atoms with Crippen molar-refractivity contribution in [3.8, 4) is 0 Å². The van der Waals surface area contributed by atoms with Crippen LogP contribution < -0.4 is 10.6 Å². The van der Waals surface area contributed by atoms with E-state index < -0.39 is 70.1 Å². The monoisotopic (exact) mass is 654 g/mol. The number of carbonyl (C=O) groups is 4. The normalized spacial score (nSPS) is 38.2. The Morgan fingerprint density at radius 3 is 1.39 bits per heavy atom. The predicted molar refractivity (Wildman–Crippen MR) is 162 cm³/mol. The smallest absolute Gasteiger partial charge is 0.337 e. The summed E-state index contributed by atoms with van der Waals surface area (Å²) in [5.74, 6) is -5.68. The molecule has 14 heteroatoms. The molecule has 0 radical (unpaired) electrons. The maximum Gasteiger partial charge on any atom is 0.337 e. The summed E-state index contributed by atoms with van der Waals surface area (Å²) in [6, 6.07) is 0. The van der Waals surface area contributed by atoms with Gasteiger partial charge in [0, 0.05) is 25.0 Å². The number of rotatable bonds is 10. The zero-order valence-corrected chi connectivity index (χ0v) is 27.0. The van der Waals surface area contributed by atoms with Crippen LogP contribution in [0.1, 0.15) is 65.2 Å². The Bertz CT molecular complexity index is 1100. The quantitative estimate of drug-likeness (QED) is 0.105. The van der Waals surface area contributed by atoms with Crippen LogP contribution in [-0.2, 0) is 28.7 Å². The predicted octanol–water partition coefficient (Wildman–Crippen LogP) is -1.01. The molecule has 2 unspecified atom stereocenters. The number of esters is 2. The van der Waals surface area contributed by atoms with E-state index >= 15 is 0 Å². The highest BCUT2D eigenvalue weighted by Crippen LogP contribution is 2.45. The molecule has 2 aliphatic heterocycles. The zero-order valence-electron chi connectivity index (χ0n) is 27.0. The van der Waals surface area contributed by atoms with Crippen LogP contribution in [0.25, 0.3) is 0 Å². The molecule has 0 aromatic carbocycles. The van der Waals surface area contributed by atoms with Crippen LogP contribution in [-0.4, -0.2) is 116 Å². The van der Waals surface area contributed by atoms with Crippen molar-refractivity contribution in [1.82, 2.24) is 10.6 Å². The molecule has 0 aromatic heterocycles. The van der Waals surface area contributed by atoms with Crippen molar-refractivity contribution < 1.29 is 59.3 Å². The van der Waals surface area contributed by atoms with E-state index in [1.165, 1.54) is 13.8 Å². The Morgan fingerprint density at radius 2 is 1.13 bits per heavy atom. The summed E-state index contributed by atoms with van der Waals surface area (Å²) in [6.45, 7) is 2.03. The molecule has 8 N–H and O–H groups in total. The molecule has 0 bridgehead atoms. The standard InChI is InChI=1S/2C16H25NO6/c2*1-15(22)11(8-9-18)13(20)17-16(15,14(21)23-2)12(19)10-6-4-3-5-7-10/h2*4,6,10-12,18-19,22H,3,5,7-9H2,1-2H3,(H,17,20)/t10-,11+,12+,15+,16?;10-,11+,12-,15+,16?/m11/s1. The molecular weight excluding hydrogens is 604 g/mol. The summed E-state index contributed by atoms with van der Waals surface area (Å²) in [5, 5.41) is 67.0. The lowest BCUT2D eigenvalue weighted by Gasteiger charge is -2.44. The number of nitrogens with one attached hydrogen (secondary N) is 2. The number of hydrogen-bond acceptors (Lipinski definition) is 12. The lowest BCUT2D eigenvalue weighted by atomic mass is 9.68. The molecule has 14 nitrogen and oxygen atoms in total. The molecule has 2 amide bonds. The third-order valence-corrected chi connectivity index (χ3v) is 10.4. The van der Waals surface area contributed by atoms with Gasteiger partial charge >= 0.3 is 11.9 Å². The van der Waals surface area contributed by atoms with E-state index in [0.717, 1.165) is 39.9 Å². The summed E-state index contributed by atoms with van der Waals surface area (Å²) in [5.41, 5.74) is -7.68. The number of allylic oxidation sites excluding steroid dienone is 2. The second-order valence-electron chi connectivity index (χ2n) is 12.9. The van der Waals surface area contributed by atoms with E-state index in [-0.39, 0.29) is 37.9 Å². The molecule has 2 saturated heterocycles.